The number of hydrogen-bond donors (Lipinski definition) is 0. The van der Waals surface area contributed by atoms with E-state index in [2.05, 4.69) is 18.7 Å². The van der Waals surface area contributed by atoms with Crippen LogP contribution in [-0.2, 0) is 23.7 Å². The third-order valence-corrected chi connectivity index (χ3v) is 5.68. The Kier molecular flexibility index (Phi) is 3.60. The second-order valence-electron chi connectivity index (χ2n) is 7.84. The van der Waals surface area contributed by atoms with Crippen LogP contribution in [0.25, 0.3) is 0 Å². The van der Waals surface area contributed by atoms with Crippen molar-refractivity contribution >= 4 is 0 Å². The molecule has 4 heterocycles. The summed E-state index contributed by atoms with van der Waals surface area (Å²) in [4.78, 5) is 0. The summed E-state index contributed by atoms with van der Waals surface area (Å²) in [5, 5.41) is 0. The number of hydrogen-bond acceptors (Lipinski definition) is 5. The summed E-state index contributed by atoms with van der Waals surface area (Å²) in [5.74, 6) is -0.475. The van der Waals surface area contributed by atoms with E-state index in [1.807, 2.05) is 32.0 Å². The van der Waals surface area contributed by atoms with E-state index in [1.54, 1.807) is 0 Å². The Morgan fingerprint density at radius 3 is 2.56 bits per heavy atom. The van der Waals surface area contributed by atoms with Crippen LogP contribution in [0.1, 0.15) is 31.9 Å². The highest BCUT2D eigenvalue weighted by Gasteiger charge is 2.61. The zero-order valence-electron chi connectivity index (χ0n) is 14.6. The van der Waals surface area contributed by atoms with Gasteiger partial charge in [0.2, 0.25) is 0 Å². The lowest BCUT2D eigenvalue weighted by Gasteiger charge is -2.46. The molecule has 1 aromatic rings. The molecule has 4 saturated heterocycles. The second kappa shape index (κ2) is 5.63. The molecular formula is C20H24O5. The largest absolute Gasteiger partial charge is 0.372 e. The fourth-order valence-corrected chi connectivity index (χ4v) is 4.51. The van der Waals surface area contributed by atoms with Crippen LogP contribution in [-0.4, -0.2) is 43.1 Å². The van der Waals surface area contributed by atoms with E-state index in [9.17, 15) is 0 Å². The fourth-order valence-electron chi connectivity index (χ4n) is 4.51. The van der Waals surface area contributed by atoms with Crippen LogP contribution in [0.4, 0.5) is 0 Å². The minimum atomic E-state index is -0.635. The van der Waals surface area contributed by atoms with Crippen LogP contribution in [0.2, 0.25) is 0 Å². The van der Waals surface area contributed by atoms with Crippen molar-refractivity contribution in [3.8, 4) is 0 Å². The molecule has 25 heavy (non-hydrogen) atoms. The van der Waals surface area contributed by atoms with E-state index in [4.69, 9.17) is 23.7 Å². The van der Waals surface area contributed by atoms with Crippen molar-refractivity contribution in [1.82, 2.24) is 0 Å². The molecule has 4 fully saturated rings. The molecule has 0 aliphatic carbocycles. The highest BCUT2D eigenvalue weighted by molar-refractivity contribution is 5.23. The van der Waals surface area contributed by atoms with Gasteiger partial charge in [-0.2, -0.15) is 0 Å². The monoisotopic (exact) mass is 344 g/mol. The summed E-state index contributed by atoms with van der Waals surface area (Å²) in [6.07, 6.45) is -0.183. The van der Waals surface area contributed by atoms with Crippen LogP contribution >= 0.6 is 0 Å². The molecule has 0 N–H and O–H groups in total. The molecule has 7 atom stereocenters. The van der Waals surface area contributed by atoms with E-state index in [1.165, 1.54) is 11.1 Å². The SMILES string of the molecule is C=C1C[C@H](c2ccccc2)O[C@@H]2[C@H]3O[C@@H]4OC(C)(C)O[C@@H]4[C@H]3OC[C@@H]12. The maximum Gasteiger partial charge on any atom is 0.190 e. The summed E-state index contributed by atoms with van der Waals surface area (Å²) in [7, 11) is 0. The molecule has 5 nitrogen and oxygen atoms in total. The lowest BCUT2D eigenvalue weighted by atomic mass is 9.81. The van der Waals surface area contributed by atoms with Crippen molar-refractivity contribution in [2.24, 2.45) is 5.92 Å². The Bertz CT molecular complexity index is 672. The standard InChI is InChI=1S/C20H24O5/c1-11-9-14(12-7-5-4-6-8-12)22-15-13(11)10-21-16-17(15)23-19-18(16)24-20(2,3)25-19/h4-8,13-19H,1,9-10H2,2-3H3/t13-,14+,15-,16-,17+,18+,19+/m0/s1. The van der Waals surface area contributed by atoms with Gasteiger partial charge in [0.1, 0.15) is 18.3 Å². The molecule has 4 aliphatic heterocycles. The molecule has 0 amide bonds. The first-order chi connectivity index (χ1) is 12.0. The van der Waals surface area contributed by atoms with Crippen LogP contribution in [0, 0.1) is 5.92 Å². The van der Waals surface area contributed by atoms with Crippen molar-refractivity contribution < 1.29 is 23.7 Å². The van der Waals surface area contributed by atoms with E-state index in [0.29, 0.717) is 6.61 Å². The maximum absolute atomic E-state index is 6.50. The molecule has 0 unspecified atom stereocenters. The van der Waals surface area contributed by atoms with Crippen molar-refractivity contribution in [1.29, 1.82) is 0 Å². The minimum Gasteiger partial charge on any atom is -0.372 e. The Balaban J connectivity index is 1.40. The van der Waals surface area contributed by atoms with Crippen LogP contribution in [0.15, 0.2) is 42.5 Å². The lowest BCUT2D eigenvalue weighted by Crippen LogP contribution is -2.55. The average molecular weight is 344 g/mol. The number of rotatable bonds is 1. The topological polar surface area (TPSA) is 46.2 Å². The van der Waals surface area contributed by atoms with Crippen LogP contribution in [0.3, 0.4) is 0 Å². The van der Waals surface area contributed by atoms with Gasteiger partial charge in [-0.25, -0.2) is 0 Å². The van der Waals surface area contributed by atoms with Gasteiger partial charge in [-0.3, -0.25) is 0 Å². The molecule has 0 saturated carbocycles. The summed E-state index contributed by atoms with van der Waals surface area (Å²) < 4.78 is 30.7. The maximum atomic E-state index is 6.50. The molecule has 0 spiro atoms. The highest BCUT2D eigenvalue weighted by atomic mass is 16.8. The normalized spacial score (nSPS) is 44.9. The third-order valence-electron chi connectivity index (χ3n) is 5.68. The van der Waals surface area contributed by atoms with Gasteiger partial charge in [-0.05, 0) is 25.8 Å². The number of ether oxygens (including phenoxy) is 5. The summed E-state index contributed by atoms with van der Waals surface area (Å²) >= 11 is 0. The first-order valence-electron chi connectivity index (χ1n) is 9.03. The van der Waals surface area contributed by atoms with Crippen molar-refractivity contribution in [2.45, 2.75) is 62.9 Å². The Labute approximate surface area is 147 Å². The molecule has 5 heteroatoms. The van der Waals surface area contributed by atoms with Crippen molar-refractivity contribution in [2.75, 3.05) is 6.61 Å². The molecule has 0 bridgehead atoms. The first-order valence-corrected chi connectivity index (χ1v) is 9.03. The predicted molar refractivity (Wildman–Crippen MR) is 89.7 cm³/mol. The molecule has 5 rings (SSSR count). The molecule has 0 radical (unpaired) electrons. The van der Waals surface area contributed by atoms with E-state index >= 15 is 0 Å². The molecule has 4 aliphatic rings. The van der Waals surface area contributed by atoms with Gasteiger partial charge >= 0.3 is 0 Å². The zero-order chi connectivity index (χ0) is 17.2. The van der Waals surface area contributed by atoms with Gasteiger partial charge in [0.15, 0.2) is 12.1 Å². The van der Waals surface area contributed by atoms with Crippen LogP contribution in [0.5, 0.6) is 0 Å². The molecule has 134 valence electrons. The quantitative estimate of drug-likeness (QED) is 0.733. The van der Waals surface area contributed by atoms with Crippen molar-refractivity contribution in [3.63, 3.8) is 0 Å². The number of benzene rings is 1. The van der Waals surface area contributed by atoms with Crippen LogP contribution < -0.4 is 0 Å². The van der Waals surface area contributed by atoms with Gasteiger partial charge in [0.05, 0.1) is 18.8 Å². The summed E-state index contributed by atoms with van der Waals surface area (Å²) in [6, 6.07) is 10.3. The van der Waals surface area contributed by atoms with E-state index in [-0.39, 0.29) is 36.4 Å². The predicted octanol–water partition coefficient (Wildman–Crippen LogP) is 2.96. The molecule has 1 aromatic carbocycles. The Morgan fingerprint density at radius 2 is 1.76 bits per heavy atom. The van der Waals surface area contributed by atoms with Gasteiger partial charge in [0, 0.05) is 5.92 Å². The average Bonchev–Trinajstić information content (AvgIpc) is 3.07. The van der Waals surface area contributed by atoms with E-state index in [0.717, 1.165) is 6.42 Å². The Hall–Kier alpha value is -1.24. The molecule has 0 aromatic heterocycles. The van der Waals surface area contributed by atoms with Gasteiger partial charge in [-0.15, -0.1) is 0 Å². The van der Waals surface area contributed by atoms with E-state index < -0.39 is 12.1 Å². The lowest BCUT2D eigenvalue weighted by molar-refractivity contribution is -0.260. The van der Waals surface area contributed by atoms with Gasteiger partial charge in [0.25, 0.3) is 0 Å². The van der Waals surface area contributed by atoms with Gasteiger partial charge < -0.3 is 23.7 Å². The third kappa shape index (κ3) is 2.57. The highest BCUT2D eigenvalue weighted by Crippen LogP contribution is 2.48. The van der Waals surface area contributed by atoms with Gasteiger partial charge in [-0.1, -0.05) is 42.5 Å². The molecular weight excluding hydrogens is 320 g/mol. The first kappa shape index (κ1) is 16.0. The second-order valence-corrected chi connectivity index (χ2v) is 7.84. The minimum absolute atomic E-state index is 0.0102. The Morgan fingerprint density at radius 1 is 0.960 bits per heavy atom. The summed E-state index contributed by atoms with van der Waals surface area (Å²) in [6.45, 7) is 8.71. The smallest absolute Gasteiger partial charge is 0.190 e. The fraction of sp³-hybridized carbons (Fsp3) is 0.600. The zero-order valence-corrected chi connectivity index (χ0v) is 14.6. The summed E-state index contributed by atoms with van der Waals surface area (Å²) in [5.41, 5.74) is 2.35. The number of fused-ring (bicyclic) bond motifs is 5. The van der Waals surface area contributed by atoms with Crippen molar-refractivity contribution in [3.05, 3.63) is 48.0 Å².